The van der Waals surface area contributed by atoms with Crippen LogP contribution in [0.4, 0.5) is 0 Å². The van der Waals surface area contributed by atoms with Gasteiger partial charge in [-0.15, -0.1) is 0 Å². The van der Waals surface area contributed by atoms with Gasteiger partial charge in [0.15, 0.2) is 18.4 Å². The first kappa shape index (κ1) is 18.5. The van der Waals surface area contributed by atoms with Crippen molar-refractivity contribution in [2.45, 2.75) is 76.8 Å². The van der Waals surface area contributed by atoms with Gasteiger partial charge in [0.1, 0.15) is 6.10 Å². The maximum Gasteiger partial charge on any atom is 0.302 e. The predicted octanol–water partition coefficient (Wildman–Crippen LogP) is 1.31. The molecule has 3 heterocycles. The molecule has 4 saturated carbocycles. The molecule has 2 spiro atoms. The Bertz CT molecular complexity index is 839. The minimum atomic E-state index is -1.14. The Labute approximate surface area is 169 Å². The number of Topliss-reactive ketones (excluding diaryl/α,β-unsaturated/α-hetero) is 1. The van der Waals surface area contributed by atoms with Crippen LogP contribution in [0.3, 0.4) is 0 Å². The highest BCUT2D eigenvalue weighted by molar-refractivity contribution is 6.04. The number of hydrogen-bond acceptors (Lipinski definition) is 7. The number of hydrogen-bond donors (Lipinski definition) is 2. The smallest absolute Gasteiger partial charge is 0.302 e. The van der Waals surface area contributed by atoms with E-state index in [2.05, 4.69) is 13.5 Å². The van der Waals surface area contributed by atoms with Crippen molar-refractivity contribution in [3.05, 3.63) is 12.2 Å². The molecular formula is C22H28O7. The third kappa shape index (κ3) is 1.75. The van der Waals surface area contributed by atoms with E-state index in [0.29, 0.717) is 18.4 Å². The molecule has 7 heteroatoms. The van der Waals surface area contributed by atoms with Crippen LogP contribution in [-0.4, -0.2) is 52.9 Å². The molecule has 3 saturated heterocycles. The van der Waals surface area contributed by atoms with Gasteiger partial charge in [-0.1, -0.05) is 19.9 Å². The molecule has 11 atom stereocenters. The SMILES string of the molecule is C=C1C(=O)C23C4CC5C6(C)CCCC5(C(OC6O)O4)C2C(OC(C)=O)CC1C3O. The fraction of sp³-hybridized carbons (Fsp3) is 0.818. The summed E-state index contributed by atoms with van der Waals surface area (Å²) in [4.78, 5) is 25.6. The van der Waals surface area contributed by atoms with Crippen LogP contribution < -0.4 is 0 Å². The highest BCUT2D eigenvalue weighted by Crippen LogP contribution is 2.77. The fourth-order valence-corrected chi connectivity index (χ4v) is 8.66. The Kier molecular flexibility index (Phi) is 3.38. The first-order chi connectivity index (χ1) is 13.7. The zero-order valence-corrected chi connectivity index (χ0v) is 16.8. The quantitative estimate of drug-likeness (QED) is 0.502. The van der Waals surface area contributed by atoms with Crippen molar-refractivity contribution in [2.24, 2.45) is 34.0 Å². The van der Waals surface area contributed by atoms with E-state index in [1.54, 1.807) is 0 Å². The first-order valence-corrected chi connectivity index (χ1v) is 10.8. The van der Waals surface area contributed by atoms with Gasteiger partial charge in [0.25, 0.3) is 0 Å². The molecule has 158 valence electrons. The predicted molar refractivity (Wildman–Crippen MR) is 98.0 cm³/mol. The van der Waals surface area contributed by atoms with E-state index in [9.17, 15) is 19.8 Å². The third-order valence-electron chi connectivity index (χ3n) is 9.57. The minimum Gasteiger partial charge on any atom is -0.462 e. The number of ketones is 1. The molecule has 0 aromatic carbocycles. The van der Waals surface area contributed by atoms with Gasteiger partial charge in [-0.3, -0.25) is 9.59 Å². The molecule has 11 unspecified atom stereocenters. The number of aliphatic hydroxyl groups is 2. The van der Waals surface area contributed by atoms with E-state index >= 15 is 0 Å². The molecule has 7 aliphatic rings. The summed E-state index contributed by atoms with van der Waals surface area (Å²) in [5.41, 5.74) is -1.74. The maximum absolute atomic E-state index is 13.6. The van der Waals surface area contributed by atoms with E-state index in [4.69, 9.17) is 14.2 Å². The monoisotopic (exact) mass is 404 g/mol. The Morgan fingerprint density at radius 2 is 2.00 bits per heavy atom. The van der Waals surface area contributed by atoms with Crippen LogP contribution in [0.5, 0.6) is 0 Å². The van der Waals surface area contributed by atoms with Crippen molar-refractivity contribution in [1.29, 1.82) is 0 Å². The summed E-state index contributed by atoms with van der Waals surface area (Å²) in [6, 6.07) is 0. The van der Waals surface area contributed by atoms with Gasteiger partial charge < -0.3 is 24.4 Å². The van der Waals surface area contributed by atoms with E-state index in [-0.39, 0.29) is 17.7 Å². The summed E-state index contributed by atoms with van der Waals surface area (Å²) in [5, 5.41) is 22.2. The second kappa shape index (κ2) is 5.31. The average Bonchev–Trinajstić information content (AvgIpc) is 2.77. The number of aliphatic hydroxyl groups excluding tert-OH is 2. The second-order valence-electron chi connectivity index (χ2n) is 10.4. The van der Waals surface area contributed by atoms with Crippen molar-refractivity contribution in [1.82, 2.24) is 0 Å². The van der Waals surface area contributed by atoms with E-state index in [1.165, 1.54) is 6.92 Å². The van der Waals surface area contributed by atoms with Crippen molar-refractivity contribution in [3.63, 3.8) is 0 Å². The molecule has 29 heavy (non-hydrogen) atoms. The van der Waals surface area contributed by atoms with Crippen LogP contribution in [0.2, 0.25) is 0 Å². The number of carbonyl (C=O) groups is 2. The molecule has 0 aromatic heterocycles. The lowest BCUT2D eigenvalue weighted by molar-refractivity contribution is -0.468. The molecular weight excluding hydrogens is 376 g/mol. The number of carbonyl (C=O) groups excluding carboxylic acids is 2. The Hall–Kier alpha value is -1.28. The van der Waals surface area contributed by atoms with E-state index in [0.717, 1.165) is 19.3 Å². The number of rotatable bonds is 1. The fourth-order valence-electron chi connectivity index (χ4n) is 8.66. The topological polar surface area (TPSA) is 102 Å². The summed E-state index contributed by atoms with van der Waals surface area (Å²) in [7, 11) is 0. The zero-order valence-electron chi connectivity index (χ0n) is 16.8. The van der Waals surface area contributed by atoms with Gasteiger partial charge in [-0.05, 0) is 37.2 Å². The van der Waals surface area contributed by atoms with Gasteiger partial charge in [0, 0.05) is 29.6 Å². The second-order valence-corrected chi connectivity index (χ2v) is 10.4. The van der Waals surface area contributed by atoms with Gasteiger partial charge in [0.05, 0.1) is 17.6 Å². The molecule has 7 bridgehead atoms. The van der Waals surface area contributed by atoms with Crippen molar-refractivity contribution in [3.8, 4) is 0 Å². The zero-order chi connectivity index (χ0) is 20.5. The van der Waals surface area contributed by atoms with Crippen LogP contribution >= 0.6 is 0 Å². The highest BCUT2D eigenvalue weighted by atomic mass is 16.7. The first-order valence-electron chi connectivity index (χ1n) is 10.8. The number of fused-ring (bicyclic) bond motifs is 1. The molecule has 7 fully saturated rings. The molecule has 4 aliphatic carbocycles. The van der Waals surface area contributed by atoms with Gasteiger partial charge in [-0.25, -0.2) is 0 Å². The molecule has 0 aromatic rings. The third-order valence-corrected chi connectivity index (χ3v) is 9.57. The lowest BCUT2D eigenvalue weighted by atomic mass is 9.36. The molecule has 7 rings (SSSR count). The summed E-state index contributed by atoms with van der Waals surface area (Å²) in [6.45, 7) is 7.46. The van der Waals surface area contributed by atoms with Crippen LogP contribution in [-0.2, 0) is 23.8 Å². The van der Waals surface area contributed by atoms with E-state index in [1.807, 2.05) is 0 Å². The maximum atomic E-state index is 13.6. The normalized spacial score (nSPS) is 59.4. The minimum absolute atomic E-state index is 0.0790. The summed E-state index contributed by atoms with van der Waals surface area (Å²) < 4.78 is 18.2. The summed E-state index contributed by atoms with van der Waals surface area (Å²) in [6.07, 6.45) is -0.0457. The van der Waals surface area contributed by atoms with Crippen LogP contribution in [0.1, 0.15) is 46.0 Å². The number of ether oxygens (including phenoxy) is 3. The average molecular weight is 404 g/mol. The largest absolute Gasteiger partial charge is 0.462 e. The molecule has 7 nitrogen and oxygen atoms in total. The Morgan fingerprint density at radius 3 is 2.72 bits per heavy atom. The number of esters is 1. The van der Waals surface area contributed by atoms with Gasteiger partial charge in [0.2, 0.25) is 0 Å². The molecule has 3 aliphatic heterocycles. The molecule has 2 N–H and O–H groups in total. The van der Waals surface area contributed by atoms with Gasteiger partial charge in [-0.2, -0.15) is 0 Å². The van der Waals surface area contributed by atoms with Crippen molar-refractivity contribution in [2.75, 3.05) is 0 Å². The lowest BCUT2D eigenvalue weighted by Crippen LogP contribution is -2.81. The van der Waals surface area contributed by atoms with Crippen molar-refractivity contribution < 1.29 is 34.0 Å². The van der Waals surface area contributed by atoms with Gasteiger partial charge >= 0.3 is 5.97 Å². The molecule has 0 radical (unpaired) electrons. The van der Waals surface area contributed by atoms with E-state index < -0.39 is 59.0 Å². The van der Waals surface area contributed by atoms with Crippen LogP contribution in [0, 0.1) is 34.0 Å². The van der Waals surface area contributed by atoms with Crippen molar-refractivity contribution >= 4 is 11.8 Å². The highest BCUT2D eigenvalue weighted by Gasteiger charge is 2.84. The lowest BCUT2D eigenvalue weighted by Gasteiger charge is -2.75. The standard InChI is InChI=1S/C22H28O7/c1-9-11-7-12(27-10(2)23)15-21-6-4-5-20(3)13(21)8-14(28-19(21)29-18(20)26)22(15,16(9)24)17(11)25/h11-15,17-19,25-26H,1,4-8H2,2-3H3. The van der Waals surface area contributed by atoms with Crippen LogP contribution in [0.15, 0.2) is 12.2 Å². The summed E-state index contributed by atoms with van der Waals surface area (Å²) in [5.74, 6) is -1.25. The Morgan fingerprint density at radius 1 is 1.24 bits per heavy atom. The molecule has 0 amide bonds. The Balaban J connectivity index is 1.60. The summed E-state index contributed by atoms with van der Waals surface area (Å²) >= 11 is 0. The van der Waals surface area contributed by atoms with Crippen LogP contribution in [0.25, 0.3) is 0 Å².